The van der Waals surface area contributed by atoms with Crippen LogP contribution in [0.2, 0.25) is 0 Å². The van der Waals surface area contributed by atoms with Gasteiger partial charge in [-0.25, -0.2) is 0 Å². The van der Waals surface area contributed by atoms with Crippen LogP contribution in [0, 0.1) is 0 Å². The predicted octanol–water partition coefficient (Wildman–Crippen LogP) is 4.23. The van der Waals surface area contributed by atoms with E-state index in [-0.39, 0.29) is 11.2 Å². The van der Waals surface area contributed by atoms with Gasteiger partial charge in [-0.2, -0.15) is 0 Å². The Morgan fingerprint density at radius 2 is 1.36 bits per heavy atom. The van der Waals surface area contributed by atoms with Crippen LogP contribution in [-0.2, 0) is 5.41 Å². The van der Waals surface area contributed by atoms with E-state index in [4.69, 9.17) is 9.47 Å². The third-order valence-corrected chi connectivity index (χ3v) is 3.67. The Kier molecular flexibility index (Phi) is 4.55. The van der Waals surface area contributed by atoms with Crippen LogP contribution in [0.1, 0.15) is 42.3 Å². The normalized spacial score (nSPS) is 11.1. The molecule has 0 aromatic heterocycles. The molecule has 0 saturated carbocycles. The number of rotatable bonds is 4. The number of hydrogen-bond donors (Lipinski definition) is 0. The summed E-state index contributed by atoms with van der Waals surface area (Å²) in [5.41, 5.74) is 2.33. The van der Waals surface area contributed by atoms with Gasteiger partial charge in [-0.3, -0.25) is 4.79 Å². The minimum absolute atomic E-state index is 0.0592. The SMILES string of the molecule is COc1cccc(OC)c1C(=O)c1ccc(C(C)(C)C)cc1. The van der Waals surface area contributed by atoms with Crippen LogP contribution in [0.5, 0.6) is 11.5 Å². The molecule has 0 heterocycles. The molecule has 3 heteroatoms. The monoisotopic (exact) mass is 298 g/mol. The van der Waals surface area contributed by atoms with Crippen molar-refractivity contribution < 1.29 is 14.3 Å². The predicted molar refractivity (Wildman–Crippen MR) is 88.1 cm³/mol. The molecule has 0 aliphatic carbocycles. The van der Waals surface area contributed by atoms with Crippen molar-refractivity contribution in [3.8, 4) is 11.5 Å². The van der Waals surface area contributed by atoms with Gasteiger partial charge in [0.1, 0.15) is 17.1 Å². The van der Waals surface area contributed by atoms with E-state index in [0.29, 0.717) is 22.6 Å². The molecule has 0 aliphatic heterocycles. The minimum Gasteiger partial charge on any atom is -0.496 e. The number of carbonyl (C=O) groups is 1. The Balaban J connectivity index is 2.44. The summed E-state index contributed by atoms with van der Waals surface area (Å²) in [6.45, 7) is 6.44. The van der Waals surface area contributed by atoms with Gasteiger partial charge in [0.15, 0.2) is 0 Å². The van der Waals surface area contributed by atoms with E-state index in [2.05, 4.69) is 20.8 Å². The maximum absolute atomic E-state index is 12.8. The number of hydrogen-bond acceptors (Lipinski definition) is 3. The summed E-state index contributed by atoms with van der Waals surface area (Å²) in [7, 11) is 3.10. The van der Waals surface area contributed by atoms with Crippen molar-refractivity contribution in [2.24, 2.45) is 0 Å². The maximum atomic E-state index is 12.8. The lowest BCUT2D eigenvalue weighted by atomic mass is 9.86. The highest BCUT2D eigenvalue weighted by Gasteiger charge is 2.20. The Bertz CT molecular complexity index is 642. The molecular formula is C19H22O3. The largest absolute Gasteiger partial charge is 0.496 e. The number of methoxy groups -OCH3 is 2. The van der Waals surface area contributed by atoms with Crippen LogP contribution < -0.4 is 9.47 Å². The van der Waals surface area contributed by atoms with E-state index in [1.165, 1.54) is 5.56 Å². The molecule has 0 aliphatic rings. The molecule has 0 atom stereocenters. The highest BCUT2D eigenvalue weighted by Crippen LogP contribution is 2.31. The van der Waals surface area contributed by atoms with E-state index < -0.39 is 0 Å². The lowest BCUT2D eigenvalue weighted by molar-refractivity contribution is 0.103. The molecule has 2 rings (SSSR count). The summed E-state index contributed by atoms with van der Waals surface area (Å²) in [6, 6.07) is 13.0. The van der Waals surface area contributed by atoms with Crippen molar-refractivity contribution in [3.05, 3.63) is 59.2 Å². The van der Waals surface area contributed by atoms with E-state index in [1.54, 1.807) is 32.4 Å². The first-order valence-electron chi connectivity index (χ1n) is 7.24. The third kappa shape index (κ3) is 3.14. The highest BCUT2D eigenvalue weighted by molar-refractivity contribution is 6.12. The Labute approximate surface area is 131 Å². The summed E-state index contributed by atoms with van der Waals surface area (Å²) in [6.07, 6.45) is 0. The highest BCUT2D eigenvalue weighted by atomic mass is 16.5. The summed E-state index contributed by atoms with van der Waals surface area (Å²) in [5, 5.41) is 0. The van der Waals surface area contributed by atoms with Gasteiger partial charge < -0.3 is 9.47 Å². The van der Waals surface area contributed by atoms with E-state index in [9.17, 15) is 4.79 Å². The number of ketones is 1. The summed E-state index contributed by atoms with van der Waals surface area (Å²) >= 11 is 0. The van der Waals surface area contributed by atoms with E-state index in [0.717, 1.165) is 0 Å². The summed E-state index contributed by atoms with van der Waals surface area (Å²) in [4.78, 5) is 12.8. The number of benzene rings is 2. The second-order valence-corrected chi connectivity index (χ2v) is 6.19. The van der Waals surface area contributed by atoms with Crippen molar-refractivity contribution in [3.63, 3.8) is 0 Å². The molecule has 116 valence electrons. The average molecular weight is 298 g/mol. The van der Waals surface area contributed by atoms with Crippen LogP contribution >= 0.6 is 0 Å². The molecule has 0 bridgehead atoms. The fourth-order valence-electron chi connectivity index (χ4n) is 2.34. The number of ether oxygens (including phenoxy) is 2. The first-order chi connectivity index (χ1) is 10.4. The van der Waals surface area contributed by atoms with Crippen LogP contribution in [-0.4, -0.2) is 20.0 Å². The molecule has 0 N–H and O–H groups in total. The molecule has 2 aromatic carbocycles. The molecule has 0 unspecified atom stereocenters. The lowest BCUT2D eigenvalue weighted by Gasteiger charge is -2.19. The first-order valence-corrected chi connectivity index (χ1v) is 7.24. The molecule has 0 amide bonds. The van der Waals surface area contributed by atoms with E-state index >= 15 is 0 Å². The Morgan fingerprint density at radius 1 is 0.864 bits per heavy atom. The Hall–Kier alpha value is -2.29. The third-order valence-electron chi connectivity index (χ3n) is 3.67. The van der Waals surface area contributed by atoms with Crippen LogP contribution in [0.25, 0.3) is 0 Å². The van der Waals surface area contributed by atoms with Crippen molar-refractivity contribution in [2.45, 2.75) is 26.2 Å². The zero-order valence-electron chi connectivity index (χ0n) is 13.8. The zero-order chi connectivity index (χ0) is 16.3. The maximum Gasteiger partial charge on any atom is 0.200 e. The lowest BCUT2D eigenvalue weighted by Crippen LogP contribution is -2.12. The minimum atomic E-state index is -0.102. The van der Waals surface area contributed by atoms with Crippen molar-refractivity contribution in [1.82, 2.24) is 0 Å². The molecule has 3 nitrogen and oxygen atoms in total. The van der Waals surface area contributed by atoms with Crippen molar-refractivity contribution in [2.75, 3.05) is 14.2 Å². The molecule has 0 spiro atoms. The van der Waals surface area contributed by atoms with Gasteiger partial charge in [-0.15, -0.1) is 0 Å². The molecular weight excluding hydrogens is 276 g/mol. The van der Waals surface area contributed by atoms with Gasteiger partial charge >= 0.3 is 0 Å². The first kappa shape index (κ1) is 16.1. The Morgan fingerprint density at radius 3 is 1.77 bits per heavy atom. The molecule has 0 saturated heterocycles. The van der Waals surface area contributed by atoms with Gasteiger partial charge in [0.05, 0.1) is 14.2 Å². The van der Waals surface area contributed by atoms with Gasteiger partial charge in [0.2, 0.25) is 5.78 Å². The van der Waals surface area contributed by atoms with Gasteiger partial charge in [-0.1, -0.05) is 51.1 Å². The van der Waals surface area contributed by atoms with Crippen LogP contribution in [0.4, 0.5) is 0 Å². The molecule has 2 aromatic rings. The molecule has 0 radical (unpaired) electrons. The average Bonchev–Trinajstić information content (AvgIpc) is 2.52. The van der Waals surface area contributed by atoms with Crippen LogP contribution in [0.15, 0.2) is 42.5 Å². The molecule has 0 fully saturated rings. The van der Waals surface area contributed by atoms with Crippen LogP contribution in [0.3, 0.4) is 0 Å². The van der Waals surface area contributed by atoms with Gasteiger partial charge in [-0.05, 0) is 23.1 Å². The fraction of sp³-hybridized carbons (Fsp3) is 0.316. The van der Waals surface area contributed by atoms with Crippen molar-refractivity contribution >= 4 is 5.78 Å². The number of carbonyl (C=O) groups excluding carboxylic acids is 1. The molecule has 22 heavy (non-hydrogen) atoms. The van der Waals surface area contributed by atoms with Crippen molar-refractivity contribution in [1.29, 1.82) is 0 Å². The fourth-order valence-corrected chi connectivity index (χ4v) is 2.34. The summed E-state index contributed by atoms with van der Waals surface area (Å²) < 4.78 is 10.6. The second kappa shape index (κ2) is 6.22. The summed E-state index contributed by atoms with van der Waals surface area (Å²) in [5.74, 6) is 0.934. The van der Waals surface area contributed by atoms with Gasteiger partial charge in [0, 0.05) is 5.56 Å². The standard InChI is InChI=1S/C19H22O3/c1-19(2,3)14-11-9-13(10-12-14)18(20)17-15(21-4)7-6-8-16(17)22-5/h6-12H,1-5H3. The quantitative estimate of drug-likeness (QED) is 0.792. The van der Waals surface area contributed by atoms with E-state index in [1.807, 2.05) is 24.3 Å². The topological polar surface area (TPSA) is 35.5 Å². The zero-order valence-corrected chi connectivity index (χ0v) is 13.8. The second-order valence-electron chi connectivity index (χ2n) is 6.19. The smallest absolute Gasteiger partial charge is 0.200 e. The van der Waals surface area contributed by atoms with Gasteiger partial charge in [0.25, 0.3) is 0 Å².